The number of rotatable bonds is 6. The molecule has 1 atom stereocenters. The number of nitrogens with one attached hydrogen (secondary N) is 2. The van der Waals surface area contributed by atoms with E-state index >= 15 is 0 Å². The van der Waals surface area contributed by atoms with E-state index in [4.69, 9.17) is 4.74 Å². The third kappa shape index (κ3) is 5.22. The summed E-state index contributed by atoms with van der Waals surface area (Å²) in [5, 5.41) is 4.84. The fourth-order valence-electron chi connectivity index (χ4n) is 1.84. The summed E-state index contributed by atoms with van der Waals surface area (Å²) in [6.07, 6.45) is -2.57. The monoisotopic (exact) mass is 268 g/mol. The van der Waals surface area contributed by atoms with Crippen LogP contribution in [0.4, 0.5) is 13.2 Å². The normalized spacial score (nSPS) is 25.4. The molecule has 1 amide bonds. The molecular weight excluding hydrogens is 249 g/mol. The van der Waals surface area contributed by atoms with Gasteiger partial charge >= 0.3 is 6.18 Å². The van der Waals surface area contributed by atoms with E-state index in [-0.39, 0.29) is 12.1 Å². The zero-order valence-corrected chi connectivity index (χ0v) is 10.5. The van der Waals surface area contributed by atoms with Crippen molar-refractivity contribution in [2.45, 2.75) is 51.1 Å². The molecule has 1 aliphatic carbocycles. The highest BCUT2D eigenvalue weighted by Crippen LogP contribution is 2.23. The summed E-state index contributed by atoms with van der Waals surface area (Å²) < 4.78 is 41.1. The largest absolute Gasteiger partial charge is 0.405 e. The number of ether oxygens (including phenoxy) is 1. The third-order valence-corrected chi connectivity index (χ3v) is 2.84. The Kier molecular flexibility index (Phi) is 5.40. The van der Waals surface area contributed by atoms with Crippen molar-refractivity contribution < 1.29 is 22.7 Å². The molecule has 0 bridgehead atoms. The van der Waals surface area contributed by atoms with Crippen LogP contribution in [0.25, 0.3) is 0 Å². The highest BCUT2D eigenvalue weighted by atomic mass is 19.4. The average Bonchev–Trinajstić information content (AvgIpc) is 2.21. The molecule has 106 valence electrons. The van der Waals surface area contributed by atoms with Crippen LogP contribution in [0.3, 0.4) is 0 Å². The van der Waals surface area contributed by atoms with Crippen LogP contribution in [0.2, 0.25) is 0 Å². The highest BCUT2D eigenvalue weighted by molar-refractivity contribution is 5.81. The molecule has 0 aromatic rings. The average molecular weight is 268 g/mol. The maximum absolute atomic E-state index is 11.9. The molecule has 0 spiro atoms. The van der Waals surface area contributed by atoms with E-state index < -0.39 is 24.7 Å². The van der Waals surface area contributed by atoms with Crippen LogP contribution >= 0.6 is 0 Å². The van der Waals surface area contributed by atoms with Crippen molar-refractivity contribution in [3.63, 3.8) is 0 Å². The van der Waals surface area contributed by atoms with Crippen molar-refractivity contribution in [2.75, 3.05) is 13.2 Å². The van der Waals surface area contributed by atoms with Gasteiger partial charge in [-0.05, 0) is 26.7 Å². The molecule has 0 aromatic carbocycles. The standard InChI is InChI=1S/C11H19F3N2O2/c1-3-18-9-4-8(5-9)16-7(2)10(17)15-6-11(12,13)14/h7-9,16H,3-6H2,1-2H3,(H,15,17). The summed E-state index contributed by atoms with van der Waals surface area (Å²) in [6.45, 7) is 2.83. The minimum absolute atomic E-state index is 0.146. The molecule has 18 heavy (non-hydrogen) atoms. The van der Waals surface area contributed by atoms with Gasteiger partial charge in [-0.3, -0.25) is 4.79 Å². The van der Waals surface area contributed by atoms with Crippen LogP contribution in [0, 0.1) is 0 Å². The van der Waals surface area contributed by atoms with Gasteiger partial charge in [-0.15, -0.1) is 0 Å². The smallest absolute Gasteiger partial charge is 0.378 e. The van der Waals surface area contributed by atoms with Gasteiger partial charge in [-0.2, -0.15) is 13.2 Å². The zero-order chi connectivity index (χ0) is 13.8. The molecule has 1 aliphatic rings. The first-order chi connectivity index (χ1) is 8.31. The number of amides is 1. The molecule has 1 unspecified atom stereocenters. The lowest BCUT2D eigenvalue weighted by Gasteiger charge is -2.37. The molecule has 0 radical (unpaired) electrons. The first-order valence-corrected chi connectivity index (χ1v) is 6.04. The summed E-state index contributed by atoms with van der Waals surface area (Å²) in [5.74, 6) is -0.632. The van der Waals surface area contributed by atoms with Gasteiger partial charge < -0.3 is 15.4 Å². The maximum atomic E-state index is 11.9. The lowest BCUT2D eigenvalue weighted by atomic mass is 9.88. The third-order valence-electron chi connectivity index (χ3n) is 2.84. The van der Waals surface area contributed by atoms with Crippen LogP contribution < -0.4 is 10.6 Å². The Morgan fingerprint density at radius 1 is 1.44 bits per heavy atom. The Balaban J connectivity index is 2.17. The van der Waals surface area contributed by atoms with E-state index in [1.165, 1.54) is 0 Å². The fourth-order valence-corrected chi connectivity index (χ4v) is 1.84. The quantitative estimate of drug-likeness (QED) is 0.761. The molecule has 0 heterocycles. The Labute approximate surface area is 104 Å². The van der Waals surface area contributed by atoms with Crippen molar-refractivity contribution in [3.05, 3.63) is 0 Å². The van der Waals surface area contributed by atoms with Gasteiger partial charge in [0.25, 0.3) is 0 Å². The molecule has 4 nitrogen and oxygen atoms in total. The molecule has 7 heteroatoms. The first-order valence-electron chi connectivity index (χ1n) is 6.04. The second-order valence-electron chi connectivity index (χ2n) is 4.47. The van der Waals surface area contributed by atoms with E-state index in [9.17, 15) is 18.0 Å². The van der Waals surface area contributed by atoms with Gasteiger partial charge in [-0.1, -0.05) is 0 Å². The number of carbonyl (C=O) groups excluding carboxylic acids is 1. The Morgan fingerprint density at radius 3 is 2.56 bits per heavy atom. The molecule has 1 saturated carbocycles. The second-order valence-corrected chi connectivity index (χ2v) is 4.47. The first kappa shape index (κ1) is 15.2. The van der Waals surface area contributed by atoms with E-state index in [2.05, 4.69) is 5.32 Å². The number of hydrogen-bond donors (Lipinski definition) is 2. The van der Waals surface area contributed by atoms with Crippen LogP contribution in [0.5, 0.6) is 0 Å². The Hall–Kier alpha value is -0.820. The molecule has 0 aliphatic heterocycles. The summed E-state index contributed by atoms with van der Waals surface area (Å²) in [5.41, 5.74) is 0. The molecule has 1 fully saturated rings. The van der Waals surface area contributed by atoms with Crippen LogP contribution in [-0.2, 0) is 9.53 Å². The van der Waals surface area contributed by atoms with Crippen molar-refractivity contribution in [3.8, 4) is 0 Å². The Bertz CT molecular complexity index is 278. The van der Waals surface area contributed by atoms with Gasteiger partial charge in [0.2, 0.25) is 5.91 Å². The lowest BCUT2D eigenvalue weighted by Crippen LogP contribution is -2.53. The van der Waals surface area contributed by atoms with E-state index in [1.807, 2.05) is 12.2 Å². The zero-order valence-electron chi connectivity index (χ0n) is 10.5. The summed E-state index contributed by atoms with van der Waals surface area (Å²) in [6, 6.07) is -0.479. The minimum Gasteiger partial charge on any atom is -0.378 e. The van der Waals surface area contributed by atoms with Crippen molar-refractivity contribution in [2.24, 2.45) is 0 Å². The molecule has 0 saturated heterocycles. The topological polar surface area (TPSA) is 50.4 Å². The maximum Gasteiger partial charge on any atom is 0.405 e. The Morgan fingerprint density at radius 2 is 2.06 bits per heavy atom. The van der Waals surface area contributed by atoms with Gasteiger partial charge in [-0.25, -0.2) is 0 Å². The van der Waals surface area contributed by atoms with Crippen LogP contribution in [-0.4, -0.2) is 43.4 Å². The highest BCUT2D eigenvalue weighted by Gasteiger charge is 2.33. The predicted octanol–water partition coefficient (Wildman–Crippen LogP) is 1.21. The van der Waals surface area contributed by atoms with Gasteiger partial charge in [0.1, 0.15) is 6.54 Å². The van der Waals surface area contributed by atoms with Crippen LogP contribution in [0.1, 0.15) is 26.7 Å². The minimum atomic E-state index is -4.37. The number of alkyl halides is 3. The van der Waals surface area contributed by atoms with Gasteiger partial charge in [0.05, 0.1) is 12.1 Å². The number of halogens is 3. The lowest BCUT2D eigenvalue weighted by molar-refractivity contribution is -0.139. The summed E-state index contributed by atoms with van der Waals surface area (Å²) in [7, 11) is 0. The van der Waals surface area contributed by atoms with Crippen molar-refractivity contribution in [1.82, 2.24) is 10.6 Å². The van der Waals surface area contributed by atoms with Crippen molar-refractivity contribution in [1.29, 1.82) is 0 Å². The molecular formula is C11H19F3N2O2. The van der Waals surface area contributed by atoms with Gasteiger partial charge in [0, 0.05) is 12.6 Å². The summed E-state index contributed by atoms with van der Waals surface area (Å²) >= 11 is 0. The SMILES string of the molecule is CCOC1CC(NC(C)C(=O)NCC(F)(F)F)C1. The molecule has 1 rings (SSSR count). The predicted molar refractivity (Wildman–Crippen MR) is 60.1 cm³/mol. The van der Waals surface area contributed by atoms with Crippen molar-refractivity contribution >= 4 is 5.91 Å². The van der Waals surface area contributed by atoms with E-state index in [1.54, 1.807) is 6.92 Å². The van der Waals surface area contributed by atoms with Crippen LogP contribution in [0.15, 0.2) is 0 Å². The second kappa shape index (κ2) is 6.38. The van der Waals surface area contributed by atoms with E-state index in [0.29, 0.717) is 6.61 Å². The number of hydrogen-bond acceptors (Lipinski definition) is 3. The fraction of sp³-hybridized carbons (Fsp3) is 0.909. The summed E-state index contributed by atoms with van der Waals surface area (Å²) in [4.78, 5) is 11.4. The molecule has 2 N–H and O–H groups in total. The molecule has 0 aromatic heterocycles. The van der Waals surface area contributed by atoms with E-state index in [0.717, 1.165) is 12.8 Å². The number of carbonyl (C=O) groups is 1. The van der Waals surface area contributed by atoms with Gasteiger partial charge in [0.15, 0.2) is 0 Å².